The Balaban J connectivity index is 2.15. The van der Waals surface area contributed by atoms with Crippen LogP contribution in [0.4, 0.5) is 4.39 Å². The second kappa shape index (κ2) is 7.87. The van der Waals surface area contributed by atoms with Crippen molar-refractivity contribution in [1.82, 2.24) is 5.32 Å². The summed E-state index contributed by atoms with van der Waals surface area (Å²) in [4.78, 5) is 0. The van der Waals surface area contributed by atoms with E-state index in [1.165, 1.54) is 12.1 Å². The highest BCUT2D eigenvalue weighted by molar-refractivity contribution is 5.24. The number of unbranched alkanes of at least 4 members (excludes halogenated alkanes) is 1. The zero-order valence-corrected chi connectivity index (χ0v) is 12.8. The number of rotatable bonds is 7. The summed E-state index contributed by atoms with van der Waals surface area (Å²) in [6, 6.07) is 6.42. The van der Waals surface area contributed by atoms with Crippen molar-refractivity contribution in [1.29, 1.82) is 0 Å². The number of methoxy groups -OCH3 is 1. The van der Waals surface area contributed by atoms with E-state index in [1.807, 2.05) is 6.07 Å². The van der Waals surface area contributed by atoms with Gasteiger partial charge in [-0.1, -0.05) is 12.1 Å². The van der Waals surface area contributed by atoms with E-state index in [4.69, 9.17) is 4.74 Å². The number of hydrogen-bond donors (Lipinski definition) is 2. The zero-order chi connectivity index (χ0) is 15.1. The highest BCUT2D eigenvalue weighted by atomic mass is 19.1. The van der Waals surface area contributed by atoms with Crippen molar-refractivity contribution < 1.29 is 14.2 Å². The van der Waals surface area contributed by atoms with E-state index < -0.39 is 5.60 Å². The molecule has 0 spiro atoms. The van der Waals surface area contributed by atoms with E-state index in [0.717, 1.165) is 38.8 Å². The third-order valence-corrected chi connectivity index (χ3v) is 4.45. The summed E-state index contributed by atoms with van der Waals surface area (Å²) in [6.07, 6.45) is 4.46. The molecule has 0 aromatic heterocycles. The van der Waals surface area contributed by atoms with Crippen LogP contribution in [0.25, 0.3) is 0 Å². The van der Waals surface area contributed by atoms with Crippen LogP contribution in [0.15, 0.2) is 24.3 Å². The smallest absolute Gasteiger partial charge is 0.123 e. The molecule has 3 nitrogen and oxygen atoms in total. The molecular formula is C17H26FNO2. The summed E-state index contributed by atoms with van der Waals surface area (Å²) in [6.45, 7) is 2.48. The standard InChI is InChI=1S/C17H26FNO2/c1-21-11-3-2-9-17(20,15-7-5-10-19-13-15)14-6-4-8-16(18)12-14/h4,6,8,12,15,19-20H,2-3,5,7,9-11,13H2,1H3/t15-,17?/m1/s1. The van der Waals surface area contributed by atoms with E-state index in [1.54, 1.807) is 13.2 Å². The largest absolute Gasteiger partial charge is 0.385 e. The average Bonchev–Trinajstić information content (AvgIpc) is 2.52. The van der Waals surface area contributed by atoms with E-state index in [2.05, 4.69) is 5.32 Å². The Morgan fingerprint density at radius 3 is 2.95 bits per heavy atom. The Hall–Kier alpha value is -0.970. The molecule has 0 aliphatic carbocycles. The Bertz CT molecular complexity index is 435. The van der Waals surface area contributed by atoms with Crippen LogP contribution >= 0.6 is 0 Å². The molecule has 1 aromatic carbocycles. The third kappa shape index (κ3) is 4.25. The monoisotopic (exact) mass is 295 g/mol. The summed E-state index contributed by atoms with van der Waals surface area (Å²) < 4.78 is 18.6. The predicted octanol–water partition coefficient (Wildman–Crippen LogP) is 2.83. The number of benzene rings is 1. The maximum absolute atomic E-state index is 13.6. The second-order valence-corrected chi connectivity index (χ2v) is 5.93. The second-order valence-electron chi connectivity index (χ2n) is 5.93. The van der Waals surface area contributed by atoms with Crippen molar-refractivity contribution in [2.75, 3.05) is 26.8 Å². The van der Waals surface area contributed by atoms with E-state index in [-0.39, 0.29) is 11.7 Å². The van der Waals surface area contributed by atoms with E-state index in [9.17, 15) is 9.50 Å². The SMILES string of the molecule is COCCCCC(O)(c1cccc(F)c1)[C@@H]1CCCNC1. The van der Waals surface area contributed by atoms with E-state index in [0.29, 0.717) is 18.6 Å². The van der Waals surface area contributed by atoms with Crippen LogP contribution in [0.3, 0.4) is 0 Å². The molecule has 1 saturated heterocycles. The van der Waals surface area contributed by atoms with Crippen molar-refractivity contribution in [2.45, 2.75) is 37.7 Å². The van der Waals surface area contributed by atoms with Crippen LogP contribution in [0.1, 0.15) is 37.7 Å². The molecule has 2 N–H and O–H groups in total. The molecular weight excluding hydrogens is 269 g/mol. The lowest BCUT2D eigenvalue weighted by Crippen LogP contribution is -2.44. The van der Waals surface area contributed by atoms with E-state index >= 15 is 0 Å². The van der Waals surface area contributed by atoms with Crippen LogP contribution < -0.4 is 5.32 Å². The van der Waals surface area contributed by atoms with Gasteiger partial charge in [0.05, 0.1) is 5.60 Å². The van der Waals surface area contributed by atoms with Gasteiger partial charge in [-0.05, 0) is 56.3 Å². The summed E-state index contributed by atoms with van der Waals surface area (Å²) in [5.41, 5.74) is -0.253. The van der Waals surface area contributed by atoms with Crippen LogP contribution in [0, 0.1) is 11.7 Å². The summed E-state index contributed by atoms with van der Waals surface area (Å²) in [5, 5.41) is 14.6. The Kier molecular flexibility index (Phi) is 6.15. The van der Waals surface area contributed by atoms with Crippen molar-refractivity contribution in [3.05, 3.63) is 35.6 Å². The summed E-state index contributed by atoms with van der Waals surface area (Å²) >= 11 is 0. The molecule has 1 aromatic rings. The lowest BCUT2D eigenvalue weighted by atomic mass is 9.74. The Morgan fingerprint density at radius 2 is 2.29 bits per heavy atom. The quantitative estimate of drug-likeness (QED) is 0.760. The first-order chi connectivity index (χ1) is 10.2. The highest BCUT2D eigenvalue weighted by Crippen LogP contribution is 2.38. The van der Waals surface area contributed by atoms with Gasteiger partial charge in [-0.2, -0.15) is 0 Å². The van der Waals surface area contributed by atoms with Crippen LogP contribution in [0.2, 0.25) is 0 Å². The van der Waals surface area contributed by atoms with Gasteiger partial charge < -0.3 is 15.2 Å². The summed E-state index contributed by atoms with van der Waals surface area (Å²) in [7, 11) is 1.68. The molecule has 0 amide bonds. The molecule has 2 rings (SSSR count). The molecule has 1 aliphatic rings. The predicted molar refractivity (Wildman–Crippen MR) is 81.6 cm³/mol. The highest BCUT2D eigenvalue weighted by Gasteiger charge is 2.38. The van der Waals surface area contributed by atoms with Crippen LogP contribution in [0.5, 0.6) is 0 Å². The maximum atomic E-state index is 13.6. The Labute approximate surface area is 126 Å². The van der Waals surface area contributed by atoms with Gasteiger partial charge in [-0.15, -0.1) is 0 Å². The molecule has 0 bridgehead atoms. The topological polar surface area (TPSA) is 41.5 Å². The third-order valence-electron chi connectivity index (χ3n) is 4.45. The molecule has 1 aliphatic heterocycles. The molecule has 118 valence electrons. The first-order valence-corrected chi connectivity index (χ1v) is 7.85. The number of aliphatic hydroxyl groups is 1. The number of halogens is 1. The lowest BCUT2D eigenvalue weighted by Gasteiger charge is -2.39. The zero-order valence-electron chi connectivity index (χ0n) is 12.8. The number of nitrogens with one attached hydrogen (secondary N) is 1. The molecule has 1 unspecified atom stereocenters. The molecule has 0 saturated carbocycles. The molecule has 1 heterocycles. The van der Waals surface area contributed by atoms with Crippen molar-refractivity contribution >= 4 is 0 Å². The van der Waals surface area contributed by atoms with Gasteiger partial charge in [-0.25, -0.2) is 4.39 Å². The minimum absolute atomic E-state index is 0.135. The average molecular weight is 295 g/mol. The fourth-order valence-corrected chi connectivity index (χ4v) is 3.24. The van der Waals surface area contributed by atoms with Gasteiger partial charge >= 0.3 is 0 Å². The molecule has 2 atom stereocenters. The maximum Gasteiger partial charge on any atom is 0.123 e. The van der Waals surface area contributed by atoms with Gasteiger partial charge in [0.1, 0.15) is 5.82 Å². The summed E-state index contributed by atoms with van der Waals surface area (Å²) in [5.74, 6) is -0.151. The molecule has 4 heteroatoms. The normalized spacial score (nSPS) is 22.0. The van der Waals surface area contributed by atoms with Crippen molar-refractivity contribution in [3.8, 4) is 0 Å². The number of hydrogen-bond acceptors (Lipinski definition) is 3. The van der Waals surface area contributed by atoms with Crippen molar-refractivity contribution in [3.63, 3.8) is 0 Å². The van der Waals surface area contributed by atoms with Gasteiger partial charge in [0, 0.05) is 26.2 Å². The minimum Gasteiger partial charge on any atom is -0.385 e. The number of ether oxygens (including phenoxy) is 1. The Morgan fingerprint density at radius 1 is 1.43 bits per heavy atom. The lowest BCUT2D eigenvalue weighted by molar-refractivity contribution is -0.0436. The van der Waals surface area contributed by atoms with Gasteiger partial charge in [-0.3, -0.25) is 0 Å². The molecule has 0 radical (unpaired) electrons. The van der Waals surface area contributed by atoms with Crippen LogP contribution in [-0.4, -0.2) is 31.9 Å². The first-order valence-electron chi connectivity index (χ1n) is 7.85. The van der Waals surface area contributed by atoms with Crippen LogP contribution in [-0.2, 0) is 10.3 Å². The fourth-order valence-electron chi connectivity index (χ4n) is 3.24. The fraction of sp³-hybridized carbons (Fsp3) is 0.647. The molecule has 1 fully saturated rings. The first kappa shape index (κ1) is 16.4. The van der Waals surface area contributed by atoms with Gasteiger partial charge in [0.15, 0.2) is 0 Å². The molecule has 21 heavy (non-hydrogen) atoms. The van der Waals surface area contributed by atoms with Gasteiger partial charge in [0.25, 0.3) is 0 Å². The van der Waals surface area contributed by atoms with Gasteiger partial charge in [0.2, 0.25) is 0 Å². The van der Waals surface area contributed by atoms with Crippen molar-refractivity contribution in [2.24, 2.45) is 5.92 Å². The number of piperidine rings is 1. The minimum atomic E-state index is -0.955.